The Morgan fingerprint density at radius 2 is 1.64 bits per heavy atom. The van der Waals surface area contributed by atoms with Gasteiger partial charge in [-0.25, -0.2) is 0 Å². The van der Waals surface area contributed by atoms with Crippen LogP contribution in [0.2, 0.25) is 0 Å². The van der Waals surface area contributed by atoms with Crippen LogP contribution in [-0.2, 0) is 19.1 Å². The molecule has 5 rings (SSSR count). The molecular formula is C39H71NO5. The monoisotopic (exact) mass is 634 g/mol. The lowest BCUT2D eigenvalue weighted by Gasteiger charge is -2.69. The van der Waals surface area contributed by atoms with Gasteiger partial charge in [0.1, 0.15) is 12.4 Å². The van der Waals surface area contributed by atoms with Crippen molar-refractivity contribution in [2.24, 2.45) is 51.1 Å². The average molecular weight is 634 g/mol. The third-order valence-electron chi connectivity index (χ3n) is 13.0. The molecule has 8 unspecified atom stereocenters. The van der Waals surface area contributed by atoms with Gasteiger partial charge in [0.2, 0.25) is 5.91 Å². The summed E-state index contributed by atoms with van der Waals surface area (Å²) in [5.41, 5.74) is 7.94. The second-order valence-electron chi connectivity index (χ2n) is 14.9. The van der Waals surface area contributed by atoms with E-state index >= 15 is 0 Å². The molecule has 0 aromatic rings. The van der Waals surface area contributed by atoms with Crippen LogP contribution in [0.4, 0.5) is 0 Å². The number of esters is 1. The molecule has 6 nitrogen and oxygen atoms in total. The van der Waals surface area contributed by atoms with Crippen LogP contribution in [0.25, 0.3) is 0 Å². The fraction of sp³-hybridized carbons (Fsp3) is 0.872. The number of aliphatic hydroxyl groups is 1. The van der Waals surface area contributed by atoms with Crippen LogP contribution in [0.15, 0.2) is 11.6 Å². The first kappa shape index (κ1) is 41.3. The molecule has 5 aliphatic carbocycles. The number of fused-ring (bicyclic) bond motifs is 7. The summed E-state index contributed by atoms with van der Waals surface area (Å²) < 4.78 is 5.99. The maximum absolute atomic E-state index is 12.9. The fourth-order valence-corrected chi connectivity index (χ4v) is 10.7. The van der Waals surface area contributed by atoms with E-state index in [2.05, 4.69) is 47.6 Å². The molecule has 6 heteroatoms. The lowest BCUT2D eigenvalue weighted by Crippen LogP contribution is -2.63. The Morgan fingerprint density at radius 1 is 1.00 bits per heavy atom. The van der Waals surface area contributed by atoms with Crippen LogP contribution in [0.1, 0.15) is 159 Å². The van der Waals surface area contributed by atoms with E-state index in [4.69, 9.17) is 15.6 Å². The normalized spacial score (nSPS) is 39.2. The standard InChI is InChI=1S/C32H49NO4.C3H8.C2H6.CH4O.CH4/c1-21-22-13-17-31(4)26(29(22,2)16-14-25(21)37-27(35)10-6-8-20-34)12-11-23-24-9-5-7-15-32(24,28(33)36)19-18-30(23,31)3;1-3-2;2*1-2;/h11,20-22,24-26H,5-10,12-19H2,1-4H3,(H2,33,36);3H2,1-2H3;1-2H3;2H,1H3;1H4/t21?,22?,24?,25?,26?,29?,30-,31?,32?;;;;/m1..../s1. The fourth-order valence-electron chi connectivity index (χ4n) is 10.7. The summed E-state index contributed by atoms with van der Waals surface area (Å²) in [4.78, 5) is 35.9. The van der Waals surface area contributed by atoms with Crippen LogP contribution in [0, 0.1) is 45.3 Å². The average Bonchev–Trinajstić information content (AvgIpc) is 3.01. The Hall–Kier alpha value is -1.69. The Morgan fingerprint density at radius 3 is 2.24 bits per heavy atom. The van der Waals surface area contributed by atoms with Crippen LogP contribution < -0.4 is 5.73 Å². The van der Waals surface area contributed by atoms with E-state index < -0.39 is 0 Å². The van der Waals surface area contributed by atoms with E-state index in [1.807, 2.05) is 13.8 Å². The summed E-state index contributed by atoms with van der Waals surface area (Å²) in [6.07, 6.45) is 18.0. The molecule has 0 aromatic heterocycles. The molecular weight excluding hydrogens is 562 g/mol. The molecule has 0 radical (unpaired) electrons. The number of ether oxygens (including phenoxy) is 1. The molecule has 0 aliphatic heterocycles. The second-order valence-corrected chi connectivity index (χ2v) is 14.9. The van der Waals surface area contributed by atoms with Crippen molar-refractivity contribution in [1.82, 2.24) is 0 Å². The quantitative estimate of drug-likeness (QED) is 0.131. The van der Waals surface area contributed by atoms with Crippen molar-refractivity contribution < 1.29 is 24.2 Å². The molecule has 0 heterocycles. The van der Waals surface area contributed by atoms with Crippen molar-refractivity contribution in [2.75, 3.05) is 7.11 Å². The molecule has 4 fully saturated rings. The zero-order valence-corrected chi connectivity index (χ0v) is 29.8. The third-order valence-corrected chi connectivity index (χ3v) is 13.0. The molecule has 5 aliphatic rings. The molecule has 3 N–H and O–H groups in total. The van der Waals surface area contributed by atoms with Crippen LogP contribution in [0.3, 0.4) is 0 Å². The molecule has 262 valence electrons. The highest BCUT2D eigenvalue weighted by atomic mass is 16.5. The minimum absolute atomic E-state index is 0. The molecule has 1 amide bonds. The van der Waals surface area contributed by atoms with Crippen LogP contribution in [-0.4, -0.2) is 36.5 Å². The van der Waals surface area contributed by atoms with Gasteiger partial charge in [-0.1, -0.05) is 93.7 Å². The smallest absolute Gasteiger partial charge is 0.306 e. The van der Waals surface area contributed by atoms with Gasteiger partial charge in [-0.3, -0.25) is 9.59 Å². The number of hydrogen-bond donors (Lipinski definition) is 2. The second kappa shape index (κ2) is 17.5. The Bertz CT molecular complexity index is 994. The van der Waals surface area contributed by atoms with Gasteiger partial charge in [0.25, 0.3) is 0 Å². The Kier molecular flexibility index (Phi) is 16.0. The van der Waals surface area contributed by atoms with Crippen molar-refractivity contribution in [3.8, 4) is 0 Å². The largest absolute Gasteiger partial charge is 0.462 e. The number of primary amides is 1. The highest BCUT2D eigenvalue weighted by Gasteiger charge is 2.67. The summed E-state index contributed by atoms with van der Waals surface area (Å²) in [7, 11) is 1.00. The first-order chi connectivity index (χ1) is 20.9. The number of aliphatic hydroxyl groups excluding tert-OH is 1. The number of carbonyl (C=O) groups is 3. The zero-order chi connectivity index (χ0) is 33.3. The number of allylic oxidation sites excluding steroid dienone is 2. The van der Waals surface area contributed by atoms with Gasteiger partial charge in [-0.05, 0) is 104 Å². The summed E-state index contributed by atoms with van der Waals surface area (Å²) in [6.45, 7) is 18.2. The van der Waals surface area contributed by atoms with Gasteiger partial charge in [0.05, 0.1) is 5.41 Å². The molecule has 0 spiro atoms. The highest BCUT2D eigenvalue weighted by molar-refractivity contribution is 5.82. The predicted octanol–water partition coefficient (Wildman–Crippen LogP) is 9.22. The Labute approximate surface area is 277 Å². The Balaban J connectivity index is 0.00000117. The number of carbonyl (C=O) groups excluding carboxylic acids is 3. The van der Waals surface area contributed by atoms with E-state index in [0.717, 1.165) is 64.8 Å². The maximum Gasteiger partial charge on any atom is 0.306 e. The molecule has 9 atom stereocenters. The molecule has 0 bridgehead atoms. The van der Waals surface area contributed by atoms with Gasteiger partial charge in [0.15, 0.2) is 0 Å². The number of unbranched alkanes of at least 4 members (excludes halogenated alkanes) is 1. The lowest BCUT2D eigenvalue weighted by molar-refractivity contribution is -0.190. The van der Waals surface area contributed by atoms with Gasteiger partial charge in [-0.2, -0.15) is 0 Å². The number of rotatable bonds is 6. The van der Waals surface area contributed by atoms with E-state index in [1.54, 1.807) is 5.57 Å². The number of aldehydes is 1. The van der Waals surface area contributed by atoms with E-state index in [-0.39, 0.29) is 47.1 Å². The summed E-state index contributed by atoms with van der Waals surface area (Å²) in [5.74, 6) is 1.62. The topological polar surface area (TPSA) is 107 Å². The molecule has 0 saturated heterocycles. The van der Waals surface area contributed by atoms with Crippen molar-refractivity contribution in [3.05, 3.63) is 11.6 Å². The maximum atomic E-state index is 12.9. The minimum Gasteiger partial charge on any atom is -0.462 e. The van der Waals surface area contributed by atoms with E-state index in [0.29, 0.717) is 42.9 Å². The molecule has 0 aromatic carbocycles. The van der Waals surface area contributed by atoms with E-state index in [9.17, 15) is 14.4 Å². The van der Waals surface area contributed by atoms with Crippen molar-refractivity contribution in [2.45, 2.75) is 165 Å². The summed E-state index contributed by atoms with van der Waals surface area (Å²) in [6, 6.07) is 0. The van der Waals surface area contributed by atoms with Gasteiger partial charge < -0.3 is 20.4 Å². The SMILES string of the molecule is C.CC.CC1C(OC(=O)CCCC=O)CCC2(C)C1CCC1(C)C2CC=C2C3CCCCC3(C(N)=O)CC[C@]21C.CCC.CO. The number of amides is 1. The lowest BCUT2D eigenvalue weighted by atomic mass is 9.35. The van der Waals surface area contributed by atoms with Crippen LogP contribution in [0.5, 0.6) is 0 Å². The van der Waals surface area contributed by atoms with Crippen molar-refractivity contribution in [1.29, 1.82) is 0 Å². The van der Waals surface area contributed by atoms with Crippen molar-refractivity contribution in [3.63, 3.8) is 0 Å². The predicted molar refractivity (Wildman–Crippen MR) is 186 cm³/mol. The zero-order valence-electron chi connectivity index (χ0n) is 29.8. The van der Waals surface area contributed by atoms with Gasteiger partial charge in [0, 0.05) is 20.0 Å². The van der Waals surface area contributed by atoms with Gasteiger partial charge >= 0.3 is 5.97 Å². The molecule has 45 heavy (non-hydrogen) atoms. The third kappa shape index (κ3) is 7.41. The summed E-state index contributed by atoms with van der Waals surface area (Å²) in [5, 5.41) is 7.00. The number of hydrogen-bond acceptors (Lipinski definition) is 5. The van der Waals surface area contributed by atoms with E-state index in [1.165, 1.54) is 25.7 Å². The first-order valence-corrected chi connectivity index (χ1v) is 18.0. The highest BCUT2D eigenvalue weighted by Crippen LogP contribution is 2.74. The van der Waals surface area contributed by atoms with Crippen molar-refractivity contribution >= 4 is 18.2 Å². The van der Waals surface area contributed by atoms with Gasteiger partial charge in [-0.15, -0.1) is 0 Å². The number of nitrogens with two attached hydrogens (primary N) is 1. The van der Waals surface area contributed by atoms with Crippen LogP contribution >= 0.6 is 0 Å². The summed E-state index contributed by atoms with van der Waals surface area (Å²) >= 11 is 0. The first-order valence-electron chi connectivity index (χ1n) is 18.0. The minimum atomic E-state index is -0.323. The molecule has 4 saturated carbocycles.